The molecule has 3 nitrogen and oxygen atoms in total. The van der Waals surface area contributed by atoms with Crippen LogP contribution in [0.3, 0.4) is 0 Å². The Balaban J connectivity index is 2.50. The largest absolute Gasteiger partial charge is 0.465 e. The van der Waals surface area contributed by atoms with Gasteiger partial charge in [0.15, 0.2) is 0 Å². The molecule has 0 saturated carbocycles. The molecule has 0 radical (unpaired) electrons. The van der Waals surface area contributed by atoms with E-state index in [1.165, 1.54) is 0 Å². The Labute approximate surface area is 82.4 Å². The van der Waals surface area contributed by atoms with Gasteiger partial charge in [-0.3, -0.25) is 9.59 Å². The molecule has 1 fully saturated rings. The van der Waals surface area contributed by atoms with Gasteiger partial charge in [-0.15, -0.1) is 11.6 Å². The maximum absolute atomic E-state index is 11.1. The standard InChI is InChI=1S/C9H13ClO3/c1-2-8-6(3-7(11)4-10)5-13-9(8)12/h6,8H,2-5H2,1H3. The van der Waals surface area contributed by atoms with E-state index < -0.39 is 0 Å². The number of ketones is 1. The Morgan fingerprint density at radius 1 is 1.69 bits per heavy atom. The Bertz CT molecular complexity index is 215. The summed E-state index contributed by atoms with van der Waals surface area (Å²) in [7, 11) is 0. The summed E-state index contributed by atoms with van der Waals surface area (Å²) in [5.74, 6) is -0.213. The zero-order valence-corrected chi connectivity index (χ0v) is 8.34. The third-order valence-electron chi connectivity index (χ3n) is 2.39. The van der Waals surface area contributed by atoms with Crippen LogP contribution in [0.25, 0.3) is 0 Å². The molecule has 0 aliphatic carbocycles. The summed E-state index contributed by atoms with van der Waals surface area (Å²) in [5, 5.41) is 0. The van der Waals surface area contributed by atoms with Crippen molar-refractivity contribution in [3.8, 4) is 0 Å². The smallest absolute Gasteiger partial charge is 0.309 e. The van der Waals surface area contributed by atoms with Crippen molar-refractivity contribution in [2.75, 3.05) is 12.5 Å². The number of carbonyl (C=O) groups is 2. The predicted molar refractivity (Wildman–Crippen MR) is 48.6 cm³/mol. The Kier molecular flexibility index (Phi) is 3.72. The zero-order chi connectivity index (χ0) is 9.84. The maximum atomic E-state index is 11.1. The van der Waals surface area contributed by atoms with Gasteiger partial charge in [0.2, 0.25) is 0 Å². The van der Waals surface area contributed by atoms with Gasteiger partial charge in [-0.1, -0.05) is 6.92 Å². The minimum absolute atomic E-state index is 0.0107. The first kappa shape index (κ1) is 10.5. The Morgan fingerprint density at radius 2 is 2.38 bits per heavy atom. The van der Waals surface area contributed by atoms with Gasteiger partial charge in [-0.25, -0.2) is 0 Å². The van der Waals surface area contributed by atoms with Crippen molar-refractivity contribution in [2.45, 2.75) is 19.8 Å². The molecular formula is C9H13ClO3. The molecule has 4 heteroatoms. The summed E-state index contributed by atoms with van der Waals surface area (Å²) in [6.07, 6.45) is 1.10. The number of hydrogen-bond donors (Lipinski definition) is 0. The summed E-state index contributed by atoms with van der Waals surface area (Å²) in [4.78, 5) is 22.2. The molecule has 1 aliphatic heterocycles. The summed E-state index contributed by atoms with van der Waals surface area (Å²) in [6.45, 7) is 2.30. The van der Waals surface area contributed by atoms with Crippen LogP contribution >= 0.6 is 11.6 Å². The van der Waals surface area contributed by atoms with Crippen LogP contribution in [0.5, 0.6) is 0 Å². The van der Waals surface area contributed by atoms with Crippen LogP contribution in [-0.4, -0.2) is 24.2 Å². The summed E-state index contributed by atoms with van der Waals surface area (Å²) >= 11 is 5.38. The summed E-state index contributed by atoms with van der Waals surface area (Å²) in [6, 6.07) is 0. The minimum atomic E-state index is -0.171. The van der Waals surface area contributed by atoms with Gasteiger partial charge in [0.25, 0.3) is 0 Å². The van der Waals surface area contributed by atoms with Gasteiger partial charge in [0.1, 0.15) is 5.78 Å². The maximum Gasteiger partial charge on any atom is 0.309 e. The van der Waals surface area contributed by atoms with Gasteiger partial charge in [-0.2, -0.15) is 0 Å². The molecule has 74 valence electrons. The fraction of sp³-hybridized carbons (Fsp3) is 0.778. The van der Waals surface area contributed by atoms with Crippen LogP contribution in [0.2, 0.25) is 0 Å². The first-order valence-corrected chi connectivity index (χ1v) is 4.96. The third kappa shape index (κ3) is 2.44. The number of cyclic esters (lactones) is 1. The van der Waals surface area contributed by atoms with Gasteiger partial charge >= 0.3 is 5.97 Å². The van der Waals surface area contributed by atoms with E-state index in [4.69, 9.17) is 16.3 Å². The lowest BCUT2D eigenvalue weighted by Crippen LogP contribution is -2.18. The lowest BCUT2D eigenvalue weighted by Gasteiger charge is -2.10. The SMILES string of the molecule is CCC1C(=O)OCC1CC(=O)CCl. The van der Waals surface area contributed by atoms with Crippen molar-refractivity contribution in [3.63, 3.8) is 0 Å². The molecule has 0 bridgehead atoms. The normalized spacial score (nSPS) is 27.4. The van der Waals surface area contributed by atoms with Crippen LogP contribution in [0.15, 0.2) is 0 Å². The average molecular weight is 205 g/mol. The summed E-state index contributed by atoms with van der Waals surface area (Å²) in [5.41, 5.74) is 0. The van der Waals surface area contributed by atoms with Gasteiger partial charge in [0.05, 0.1) is 18.4 Å². The van der Waals surface area contributed by atoms with Crippen molar-refractivity contribution in [1.82, 2.24) is 0 Å². The van der Waals surface area contributed by atoms with Crippen LogP contribution in [0, 0.1) is 11.8 Å². The number of halogens is 1. The van der Waals surface area contributed by atoms with Crippen LogP contribution in [-0.2, 0) is 14.3 Å². The molecule has 0 spiro atoms. The van der Waals surface area contributed by atoms with E-state index in [-0.39, 0.29) is 29.5 Å². The van der Waals surface area contributed by atoms with E-state index in [1.54, 1.807) is 0 Å². The van der Waals surface area contributed by atoms with E-state index >= 15 is 0 Å². The molecule has 1 rings (SSSR count). The number of alkyl halides is 1. The van der Waals surface area contributed by atoms with Crippen molar-refractivity contribution in [3.05, 3.63) is 0 Å². The fourth-order valence-electron chi connectivity index (χ4n) is 1.65. The Morgan fingerprint density at radius 3 is 2.92 bits per heavy atom. The van der Waals surface area contributed by atoms with E-state index in [1.807, 2.05) is 6.92 Å². The number of Topliss-reactive ketones (excluding diaryl/α,β-unsaturated/α-hetero) is 1. The number of rotatable bonds is 4. The minimum Gasteiger partial charge on any atom is -0.465 e. The van der Waals surface area contributed by atoms with Crippen LogP contribution in [0.1, 0.15) is 19.8 Å². The van der Waals surface area contributed by atoms with Crippen molar-refractivity contribution >= 4 is 23.4 Å². The second kappa shape index (κ2) is 4.61. The fourth-order valence-corrected chi connectivity index (χ4v) is 1.76. The molecule has 2 atom stereocenters. The average Bonchev–Trinajstić information content (AvgIpc) is 2.46. The predicted octanol–water partition coefficient (Wildman–Crippen LogP) is 1.38. The molecule has 0 aromatic carbocycles. The molecule has 1 aliphatic rings. The molecule has 0 amide bonds. The van der Waals surface area contributed by atoms with E-state index in [2.05, 4.69) is 0 Å². The second-order valence-corrected chi connectivity index (χ2v) is 3.55. The van der Waals surface area contributed by atoms with Crippen molar-refractivity contribution < 1.29 is 14.3 Å². The highest BCUT2D eigenvalue weighted by molar-refractivity contribution is 6.27. The van der Waals surface area contributed by atoms with Crippen LogP contribution in [0.4, 0.5) is 0 Å². The first-order chi connectivity index (χ1) is 6.19. The van der Waals surface area contributed by atoms with Crippen molar-refractivity contribution in [1.29, 1.82) is 0 Å². The highest BCUT2D eigenvalue weighted by Gasteiger charge is 2.36. The molecule has 1 heterocycles. The van der Waals surface area contributed by atoms with Crippen LogP contribution < -0.4 is 0 Å². The lowest BCUT2D eigenvalue weighted by atomic mass is 9.89. The number of carbonyl (C=O) groups excluding carboxylic acids is 2. The van der Waals surface area contributed by atoms with Gasteiger partial charge in [0, 0.05) is 12.3 Å². The van der Waals surface area contributed by atoms with Crippen molar-refractivity contribution in [2.24, 2.45) is 11.8 Å². The van der Waals surface area contributed by atoms with Gasteiger partial charge < -0.3 is 4.74 Å². The molecule has 2 unspecified atom stereocenters. The Hall–Kier alpha value is -0.570. The molecule has 13 heavy (non-hydrogen) atoms. The number of hydrogen-bond acceptors (Lipinski definition) is 3. The molecule has 0 N–H and O–H groups in total. The van der Waals surface area contributed by atoms with E-state index in [9.17, 15) is 9.59 Å². The van der Waals surface area contributed by atoms with E-state index in [0.717, 1.165) is 6.42 Å². The molecule has 0 aromatic heterocycles. The molecular weight excluding hydrogens is 192 g/mol. The van der Waals surface area contributed by atoms with E-state index in [0.29, 0.717) is 13.0 Å². The molecule has 1 saturated heterocycles. The number of esters is 1. The molecule has 0 aromatic rings. The lowest BCUT2D eigenvalue weighted by molar-refractivity contribution is -0.141. The monoisotopic (exact) mass is 204 g/mol. The highest BCUT2D eigenvalue weighted by atomic mass is 35.5. The zero-order valence-electron chi connectivity index (χ0n) is 7.59. The summed E-state index contributed by atoms with van der Waals surface area (Å²) < 4.78 is 4.88. The number of ether oxygens (including phenoxy) is 1. The highest BCUT2D eigenvalue weighted by Crippen LogP contribution is 2.27. The topological polar surface area (TPSA) is 43.4 Å². The second-order valence-electron chi connectivity index (χ2n) is 3.28. The van der Waals surface area contributed by atoms with Gasteiger partial charge in [-0.05, 0) is 6.42 Å². The quantitative estimate of drug-likeness (QED) is 0.513. The first-order valence-electron chi connectivity index (χ1n) is 4.43. The third-order valence-corrected chi connectivity index (χ3v) is 2.69.